The third-order valence-corrected chi connectivity index (χ3v) is 3.66. The van der Waals surface area contributed by atoms with Crippen LogP contribution in [0.2, 0.25) is 0 Å². The quantitative estimate of drug-likeness (QED) is 0.583. The Morgan fingerprint density at radius 3 is 2.81 bits per heavy atom. The molecule has 0 saturated heterocycles. The van der Waals surface area contributed by atoms with Crippen molar-refractivity contribution in [2.24, 2.45) is 0 Å². The summed E-state index contributed by atoms with van der Waals surface area (Å²) < 4.78 is 19.8. The molecule has 2 aromatic rings. The van der Waals surface area contributed by atoms with E-state index in [9.17, 15) is 9.18 Å². The number of hydrogen-bond donors (Lipinski definition) is 2. The van der Waals surface area contributed by atoms with Gasteiger partial charge in [0, 0.05) is 33.2 Å². The molecule has 0 aliphatic heterocycles. The van der Waals surface area contributed by atoms with Crippen molar-refractivity contribution >= 4 is 18.3 Å². The van der Waals surface area contributed by atoms with Crippen molar-refractivity contribution in [1.29, 1.82) is 0 Å². The molecule has 2 rings (SSSR count). The number of carbonyl (C=O) groups is 1. The topological polar surface area (TPSA) is 94.0 Å². The van der Waals surface area contributed by atoms with Gasteiger partial charge in [0.2, 0.25) is 5.91 Å². The van der Waals surface area contributed by atoms with Crippen LogP contribution in [0.25, 0.3) is 0 Å². The molecule has 2 N–H and O–H groups in total. The van der Waals surface area contributed by atoms with E-state index in [0.29, 0.717) is 44.0 Å². The minimum atomic E-state index is -0.643. The van der Waals surface area contributed by atoms with Gasteiger partial charge in [-0.3, -0.25) is 4.79 Å². The predicted octanol–water partition coefficient (Wildman–Crippen LogP) is 0.678. The van der Waals surface area contributed by atoms with E-state index in [4.69, 9.17) is 4.74 Å². The zero-order valence-electron chi connectivity index (χ0n) is 14.8. The summed E-state index contributed by atoms with van der Waals surface area (Å²) in [5.41, 5.74) is 0.702. The molecule has 26 heavy (non-hydrogen) atoms. The second-order valence-electron chi connectivity index (χ2n) is 5.55. The Balaban J connectivity index is 0.00000338. The molecule has 0 aliphatic carbocycles. The maximum Gasteiger partial charge on any atom is 0.245 e. The van der Waals surface area contributed by atoms with Crippen molar-refractivity contribution in [3.63, 3.8) is 0 Å². The van der Waals surface area contributed by atoms with Gasteiger partial charge in [0.15, 0.2) is 0 Å². The van der Waals surface area contributed by atoms with E-state index in [1.807, 2.05) is 0 Å². The van der Waals surface area contributed by atoms with Crippen LogP contribution >= 0.6 is 12.4 Å². The third-order valence-electron chi connectivity index (χ3n) is 3.66. The highest BCUT2D eigenvalue weighted by molar-refractivity contribution is 5.85. The molecule has 0 aliphatic rings. The highest BCUT2D eigenvalue weighted by Crippen LogP contribution is 2.15. The molecule has 144 valence electrons. The highest BCUT2D eigenvalue weighted by atomic mass is 35.5. The fourth-order valence-corrected chi connectivity index (χ4v) is 2.39. The smallest absolute Gasteiger partial charge is 0.245 e. The summed E-state index contributed by atoms with van der Waals surface area (Å²) in [6.07, 6.45) is 0.298. The number of halogens is 2. The van der Waals surface area contributed by atoms with Crippen LogP contribution in [0.5, 0.6) is 0 Å². The van der Waals surface area contributed by atoms with Crippen LogP contribution in [-0.2, 0) is 16.0 Å². The van der Waals surface area contributed by atoms with Crippen LogP contribution in [0.15, 0.2) is 24.3 Å². The zero-order chi connectivity index (χ0) is 18.1. The van der Waals surface area contributed by atoms with E-state index in [0.717, 1.165) is 0 Å². The number of hydrogen-bond acceptors (Lipinski definition) is 6. The Hall–Kier alpha value is -2.10. The van der Waals surface area contributed by atoms with E-state index >= 15 is 0 Å². The molecular formula is C16H24ClFN6O2. The maximum atomic E-state index is 13.4. The normalized spacial score (nSPS) is 11.7. The van der Waals surface area contributed by atoms with Crippen molar-refractivity contribution in [2.45, 2.75) is 19.4 Å². The molecule has 0 spiro atoms. The van der Waals surface area contributed by atoms with Gasteiger partial charge in [0.25, 0.3) is 0 Å². The van der Waals surface area contributed by atoms with Gasteiger partial charge in [0.05, 0.1) is 6.61 Å². The van der Waals surface area contributed by atoms with Crippen molar-refractivity contribution < 1.29 is 13.9 Å². The van der Waals surface area contributed by atoms with Crippen LogP contribution in [0.4, 0.5) is 4.39 Å². The minimum Gasteiger partial charge on any atom is -0.383 e. The van der Waals surface area contributed by atoms with Crippen molar-refractivity contribution in [3.05, 3.63) is 41.5 Å². The summed E-state index contributed by atoms with van der Waals surface area (Å²) in [4.78, 5) is 12.6. The first-order chi connectivity index (χ1) is 12.1. The Labute approximate surface area is 157 Å². The summed E-state index contributed by atoms with van der Waals surface area (Å²) in [6, 6.07) is 5.52. The second kappa shape index (κ2) is 11.5. The Kier molecular flexibility index (Phi) is 9.71. The lowest BCUT2D eigenvalue weighted by Crippen LogP contribution is -2.39. The molecule has 0 radical (unpaired) electrons. The summed E-state index contributed by atoms with van der Waals surface area (Å²) >= 11 is 0. The second-order valence-corrected chi connectivity index (χ2v) is 5.55. The molecular weight excluding hydrogens is 363 g/mol. The summed E-state index contributed by atoms with van der Waals surface area (Å²) in [7, 11) is 1.63. The molecule has 1 aromatic carbocycles. The molecule has 1 aromatic heterocycles. The van der Waals surface area contributed by atoms with Crippen molar-refractivity contribution in [3.8, 4) is 0 Å². The first-order valence-electron chi connectivity index (χ1n) is 8.08. The van der Waals surface area contributed by atoms with Crippen molar-refractivity contribution in [1.82, 2.24) is 30.8 Å². The number of aromatic nitrogens is 4. The molecule has 10 heteroatoms. The van der Waals surface area contributed by atoms with E-state index in [1.165, 1.54) is 16.8 Å². The number of methoxy groups -OCH3 is 1. The Bertz CT molecular complexity index is 684. The van der Waals surface area contributed by atoms with Crippen LogP contribution < -0.4 is 10.6 Å². The van der Waals surface area contributed by atoms with Gasteiger partial charge < -0.3 is 15.4 Å². The number of tetrazole rings is 1. The lowest BCUT2D eigenvalue weighted by molar-refractivity contribution is -0.124. The zero-order valence-corrected chi connectivity index (χ0v) is 15.6. The van der Waals surface area contributed by atoms with Crippen LogP contribution in [-0.4, -0.2) is 59.5 Å². The maximum absolute atomic E-state index is 13.4. The molecule has 1 atom stereocenters. The number of aryl methyl sites for hydroxylation is 1. The largest absolute Gasteiger partial charge is 0.383 e. The number of benzene rings is 1. The SMILES string of the molecule is COCCNCCNC(=O)C(Cc1cccc(F)c1)n1nnnc1C.Cl. The van der Waals surface area contributed by atoms with E-state index in [1.54, 1.807) is 26.2 Å². The van der Waals surface area contributed by atoms with Gasteiger partial charge in [-0.2, -0.15) is 0 Å². The molecule has 1 unspecified atom stereocenters. The predicted molar refractivity (Wildman–Crippen MR) is 96.7 cm³/mol. The number of carbonyl (C=O) groups excluding carboxylic acids is 1. The Morgan fingerprint density at radius 1 is 1.35 bits per heavy atom. The van der Waals surface area contributed by atoms with Crippen LogP contribution in [0.3, 0.4) is 0 Å². The molecule has 0 bridgehead atoms. The summed E-state index contributed by atoms with van der Waals surface area (Å²) in [5, 5.41) is 17.3. The van der Waals surface area contributed by atoms with Gasteiger partial charge in [-0.15, -0.1) is 17.5 Å². The number of nitrogens with one attached hydrogen (secondary N) is 2. The van der Waals surface area contributed by atoms with Gasteiger partial charge in [-0.25, -0.2) is 9.07 Å². The number of rotatable bonds is 10. The lowest BCUT2D eigenvalue weighted by Gasteiger charge is -2.18. The molecule has 0 fully saturated rings. The molecule has 1 amide bonds. The van der Waals surface area contributed by atoms with Gasteiger partial charge in [-0.05, 0) is 35.0 Å². The standard InChI is InChI=1S/C16H23FN6O2.ClH/c1-12-20-21-22-23(12)15(11-13-4-3-5-14(17)10-13)16(24)19-7-6-18-8-9-25-2;/h3-5,10,15,18H,6-9,11H2,1-2H3,(H,19,24);1H. The summed E-state index contributed by atoms with van der Waals surface area (Å²) in [6.45, 7) is 4.13. The van der Waals surface area contributed by atoms with E-state index in [-0.39, 0.29) is 24.1 Å². The van der Waals surface area contributed by atoms with E-state index in [2.05, 4.69) is 26.2 Å². The van der Waals surface area contributed by atoms with Gasteiger partial charge in [0.1, 0.15) is 17.7 Å². The average molecular weight is 387 g/mol. The van der Waals surface area contributed by atoms with Gasteiger partial charge >= 0.3 is 0 Å². The van der Waals surface area contributed by atoms with Crippen LogP contribution in [0.1, 0.15) is 17.4 Å². The number of nitrogens with zero attached hydrogens (tertiary/aromatic N) is 4. The van der Waals surface area contributed by atoms with Gasteiger partial charge in [-0.1, -0.05) is 12.1 Å². The molecule has 0 saturated carbocycles. The third kappa shape index (κ3) is 6.66. The highest BCUT2D eigenvalue weighted by Gasteiger charge is 2.24. The minimum absolute atomic E-state index is 0. The fourth-order valence-electron chi connectivity index (χ4n) is 2.39. The average Bonchev–Trinajstić information content (AvgIpc) is 3.01. The lowest BCUT2D eigenvalue weighted by atomic mass is 10.1. The molecule has 1 heterocycles. The van der Waals surface area contributed by atoms with E-state index < -0.39 is 6.04 Å². The Morgan fingerprint density at radius 2 is 2.15 bits per heavy atom. The van der Waals surface area contributed by atoms with Crippen LogP contribution in [0, 0.1) is 12.7 Å². The number of amides is 1. The molecule has 8 nitrogen and oxygen atoms in total. The first kappa shape index (κ1) is 21.9. The van der Waals surface area contributed by atoms with Crippen molar-refractivity contribution in [2.75, 3.05) is 33.4 Å². The fraction of sp³-hybridized carbons (Fsp3) is 0.500. The monoisotopic (exact) mass is 386 g/mol. The first-order valence-corrected chi connectivity index (χ1v) is 8.08. The number of ether oxygens (including phenoxy) is 1. The summed E-state index contributed by atoms with van der Waals surface area (Å²) in [5.74, 6) is -0.0320.